The number of aryl methyl sites for hydroxylation is 2. The average molecular weight is 411 g/mol. The minimum Gasteiger partial charge on any atom is -0.493 e. The van der Waals surface area contributed by atoms with Crippen molar-refractivity contribution in [2.45, 2.75) is 38.8 Å². The van der Waals surface area contributed by atoms with Gasteiger partial charge in [-0.05, 0) is 26.2 Å². The van der Waals surface area contributed by atoms with Crippen LogP contribution in [0.25, 0.3) is 5.65 Å². The number of likely N-dealkylation sites (tertiary alicyclic amines) is 1. The van der Waals surface area contributed by atoms with Gasteiger partial charge in [0.2, 0.25) is 0 Å². The molecule has 11 heteroatoms. The minimum absolute atomic E-state index is 0.0294. The number of nitrogens with zero attached hydrogens (tertiary/aromatic N) is 6. The SMILES string of the molecule is CN=C(CCc1cc(OC)c2nc(C(F)(F)F)c(C)n2n1)N=C(N)N1CCCC1. The Morgan fingerprint density at radius 1 is 1.31 bits per heavy atom. The maximum absolute atomic E-state index is 13.2. The summed E-state index contributed by atoms with van der Waals surface area (Å²) in [6.07, 6.45) is -1.54. The summed E-state index contributed by atoms with van der Waals surface area (Å²) in [5, 5.41) is 4.31. The van der Waals surface area contributed by atoms with Gasteiger partial charge in [-0.15, -0.1) is 0 Å². The van der Waals surface area contributed by atoms with Crippen molar-refractivity contribution in [1.82, 2.24) is 19.5 Å². The van der Waals surface area contributed by atoms with Crippen LogP contribution in [0.15, 0.2) is 16.1 Å². The number of ether oxygens (including phenoxy) is 1. The average Bonchev–Trinajstić information content (AvgIpc) is 3.32. The van der Waals surface area contributed by atoms with Crippen LogP contribution >= 0.6 is 0 Å². The molecule has 8 nitrogen and oxygen atoms in total. The number of hydrogen-bond acceptors (Lipinski definition) is 4. The number of nitrogens with two attached hydrogens (primary N) is 1. The maximum atomic E-state index is 13.2. The normalized spacial score (nSPS) is 16.1. The number of imidazole rings is 1. The molecule has 0 spiro atoms. The van der Waals surface area contributed by atoms with Crippen LogP contribution in [-0.2, 0) is 12.6 Å². The third-order valence-corrected chi connectivity index (χ3v) is 4.85. The molecule has 0 aromatic carbocycles. The van der Waals surface area contributed by atoms with Crippen molar-refractivity contribution in [3.8, 4) is 5.75 Å². The molecule has 1 saturated heterocycles. The van der Waals surface area contributed by atoms with Crippen molar-refractivity contribution in [1.29, 1.82) is 0 Å². The summed E-state index contributed by atoms with van der Waals surface area (Å²) in [5.41, 5.74) is 5.56. The van der Waals surface area contributed by atoms with Gasteiger partial charge in [-0.2, -0.15) is 18.3 Å². The van der Waals surface area contributed by atoms with Crippen LogP contribution in [0.2, 0.25) is 0 Å². The van der Waals surface area contributed by atoms with Gasteiger partial charge < -0.3 is 15.4 Å². The van der Waals surface area contributed by atoms with Crippen molar-refractivity contribution in [2.24, 2.45) is 15.7 Å². The first kappa shape index (κ1) is 20.9. The van der Waals surface area contributed by atoms with Gasteiger partial charge in [-0.1, -0.05) is 0 Å². The highest BCUT2D eigenvalue weighted by atomic mass is 19.4. The molecule has 0 bridgehead atoms. The molecule has 3 heterocycles. The molecule has 0 amide bonds. The third kappa shape index (κ3) is 4.43. The number of rotatable bonds is 4. The number of halogens is 3. The Morgan fingerprint density at radius 3 is 2.59 bits per heavy atom. The molecule has 158 valence electrons. The fourth-order valence-electron chi connectivity index (χ4n) is 3.30. The predicted molar refractivity (Wildman–Crippen MR) is 103 cm³/mol. The van der Waals surface area contributed by atoms with E-state index in [1.165, 1.54) is 18.5 Å². The van der Waals surface area contributed by atoms with E-state index in [9.17, 15) is 13.2 Å². The Labute approximate surface area is 166 Å². The van der Waals surface area contributed by atoms with Gasteiger partial charge in [0.05, 0.1) is 18.5 Å². The lowest BCUT2D eigenvalue weighted by molar-refractivity contribution is -0.141. The number of hydrogen-bond donors (Lipinski definition) is 1. The fraction of sp³-hybridized carbons (Fsp3) is 0.556. The number of methoxy groups -OCH3 is 1. The molecular formula is C18H24F3N7O. The number of alkyl halides is 3. The number of aliphatic imine (C=N–C) groups is 2. The molecule has 2 aromatic rings. The summed E-state index contributed by atoms with van der Waals surface area (Å²) in [7, 11) is 3.01. The highest BCUT2D eigenvalue weighted by molar-refractivity contribution is 5.95. The van der Waals surface area contributed by atoms with Crippen molar-refractivity contribution >= 4 is 17.4 Å². The number of fused-ring (bicyclic) bond motifs is 1. The summed E-state index contributed by atoms with van der Waals surface area (Å²) in [5.74, 6) is 1.21. The fourth-order valence-corrected chi connectivity index (χ4v) is 3.30. The van der Waals surface area contributed by atoms with Gasteiger partial charge >= 0.3 is 6.18 Å². The molecule has 1 aliphatic rings. The first-order valence-electron chi connectivity index (χ1n) is 9.29. The lowest BCUT2D eigenvalue weighted by Gasteiger charge is -2.16. The lowest BCUT2D eigenvalue weighted by atomic mass is 10.2. The number of guanidine groups is 1. The van der Waals surface area contributed by atoms with E-state index in [1.807, 2.05) is 4.90 Å². The zero-order valence-electron chi connectivity index (χ0n) is 16.6. The van der Waals surface area contributed by atoms with Gasteiger partial charge in [0, 0.05) is 32.6 Å². The van der Waals surface area contributed by atoms with Crippen molar-refractivity contribution in [3.05, 3.63) is 23.1 Å². The smallest absolute Gasteiger partial charge is 0.435 e. The topological polar surface area (TPSA) is 93.4 Å². The first-order chi connectivity index (χ1) is 13.7. The molecule has 29 heavy (non-hydrogen) atoms. The Bertz CT molecular complexity index is 943. The van der Waals surface area contributed by atoms with Gasteiger partial charge in [0.15, 0.2) is 23.1 Å². The van der Waals surface area contributed by atoms with Crippen LogP contribution in [-0.4, -0.2) is 58.5 Å². The van der Waals surface area contributed by atoms with Crippen molar-refractivity contribution in [3.63, 3.8) is 0 Å². The zero-order chi connectivity index (χ0) is 21.2. The zero-order valence-corrected chi connectivity index (χ0v) is 16.6. The second kappa shape index (κ2) is 8.26. The molecule has 0 atom stereocenters. The quantitative estimate of drug-likeness (QED) is 0.616. The van der Waals surface area contributed by atoms with E-state index in [4.69, 9.17) is 10.5 Å². The molecule has 0 unspecified atom stereocenters. The lowest BCUT2D eigenvalue weighted by Crippen LogP contribution is -2.35. The second-order valence-corrected chi connectivity index (χ2v) is 6.79. The largest absolute Gasteiger partial charge is 0.493 e. The molecule has 2 N–H and O–H groups in total. The van der Waals surface area contributed by atoms with Gasteiger partial charge in [0.25, 0.3) is 0 Å². The Balaban J connectivity index is 1.84. The molecule has 0 aliphatic carbocycles. The summed E-state index contributed by atoms with van der Waals surface area (Å²) in [4.78, 5) is 14.2. The van der Waals surface area contributed by atoms with E-state index in [0.29, 0.717) is 30.3 Å². The third-order valence-electron chi connectivity index (χ3n) is 4.85. The van der Waals surface area contributed by atoms with E-state index in [-0.39, 0.29) is 17.1 Å². The van der Waals surface area contributed by atoms with Crippen LogP contribution in [0.1, 0.15) is 36.3 Å². The van der Waals surface area contributed by atoms with Crippen LogP contribution < -0.4 is 10.5 Å². The summed E-state index contributed by atoms with van der Waals surface area (Å²) >= 11 is 0. The highest BCUT2D eigenvalue weighted by Crippen LogP contribution is 2.33. The minimum atomic E-state index is -4.56. The Kier molecular flexibility index (Phi) is 5.94. The van der Waals surface area contributed by atoms with Gasteiger partial charge in [-0.25, -0.2) is 14.5 Å². The van der Waals surface area contributed by atoms with E-state index in [2.05, 4.69) is 20.1 Å². The van der Waals surface area contributed by atoms with Crippen molar-refractivity contribution < 1.29 is 17.9 Å². The van der Waals surface area contributed by atoms with Crippen LogP contribution in [0.3, 0.4) is 0 Å². The Hall–Kier alpha value is -2.85. The first-order valence-corrected chi connectivity index (χ1v) is 9.29. The van der Waals surface area contributed by atoms with E-state index in [1.54, 1.807) is 13.1 Å². The maximum Gasteiger partial charge on any atom is 0.435 e. The molecule has 2 aromatic heterocycles. The monoisotopic (exact) mass is 411 g/mol. The van der Waals surface area contributed by atoms with E-state index in [0.717, 1.165) is 25.9 Å². The molecule has 3 rings (SSSR count). The Morgan fingerprint density at radius 2 is 2.00 bits per heavy atom. The second-order valence-electron chi connectivity index (χ2n) is 6.79. The van der Waals surface area contributed by atoms with Gasteiger partial charge in [-0.3, -0.25) is 4.99 Å². The molecule has 0 radical (unpaired) electrons. The molecule has 1 aliphatic heterocycles. The molecular weight excluding hydrogens is 387 g/mol. The van der Waals surface area contributed by atoms with Crippen LogP contribution in [0, 0.1) is 6.92 Å². The summed E-state index contributed by atoms with van der Waals surface area (Å²) in [6, 6.07) is 1.59. The number of amidine groups is 1. The number of aromatic nitrogens is 3. The van der Waals surface area contributed by atoms with Crippen LogP contribution in [0.5, 0.6) is 5.75 Å². The highest BCUT2D eigenvalue weighted by Gasteiger charge is 2.37. The van der Waals surface area contributed by atoms with Crippen molar-refractivity contribution in [2.75, 3.05) is 27.2 Å². The molecule has 1 fully saturated rings. The van der Waals surface area contributed by atoms with Gasteiger partial charge in [0.1, 0.15) is 5.84 Å². The summed E-state index contributed by atoms with van der Waals surface area (Å²) < 4.78 is 46.0. The molecule has 0 saturated carbocycles. The van der Waals surface area contributed by atoms with E-state index >= 15 is 0 Å². The predicted octanol–water partition coefficient (Wildman–Crippen LogP) is 2.44. The van der Waals surface area contributed by atoms with E-state index < -0.39 is 11.9 Å². The van der Waals surface area contributed by atoms with Crippen LogP contribution in [0.4, 0.5) is 13.2 Å². The summed E-state index contributed by atoms with van der Waals surface area (Å²) in [6.45, 7) is 3.09. The standard InChI is InChI=1S/C18H24F3N7O/c1-11-15(18(19,20)21)25-16-13(29-3)10-12(26-28(11)16)6-7-14(23-2)24-17(22)27-8-4-5-9-27/h10H,4-9H2,1-3H3,(H2,22,23,24).